The maximum absolute atomic E-state index is 6.05. The first-order valence-corrected chi connectivity index (χ1v) is 8.22. The third-order valence-electron chi connectivity index (χ3n) is 4.10. The maximum atomic E-state index is 6.05. The van der Waals surface area contributed by atoms with Crippen molar-refractivity contribution in [2.45, 2.75) is 26.2 Å². The van der Waals surface area contributed by atoms with Crippen LogP contribution in [0.4, 0.5) is 5.69 Å². The van der Waals surface area contributed by atoms with E-state index >= 15 is 0 Å². The number of aryl methyl sites for hydroxylation is 1. The number of hydrogen-bond donors (Lipinski definition) is 2. The highest BCUT2D eigenvalue weighted by atomic mass is 127. The van der Waals surface area contributed by atoms with Gasteiger partial charge < -0.3 is 20.5 Å². The molecule has 0 heterocycles. The number of benzene rings is 2. The second-order valence-corrected chi connectivity index (χ2v) is 6.65. The summed E-state index contributed by atoms with van der Waals surface area (Å²) in [6.07, 6.45) is 0. The molecule has 26 heavy (non-hydrogen) atoms. The maximum Gasteiger partial charge on any atom is 0.193 e. The second kappa shape index (κ2) is 9.66. The first-order chi connectivity index (χ1) is 11.9. The number of guanidine groups is 1. The lowest BCUT2D eigenvalue weighted by molar-refractivity contribution is 0.355. The van der Waals surface area contributed by atoms with Crippen molar-refractivity contribution < 1.29 is 9.47 Å². The molecule has 0 amide bonds. The van der Waals surface area contributed by atoms with Crippen molar-refractivity contribution in [3.8, 4) is 11.5 Å². The average molecular weight is 469 g/mol. The fraction of sp³-hybridized carbons (Fsp3) is 0.350. The Labute approximate surface area is 173 Å². The topological polar surface area (TPSA) is 68.9 Å². The first-order valence-electron chi connectivity index (χ1n) is 8.22. The molecule has 6 heteroatoms. The van der Waals surface area contributed by atoms with Crippen molar-refractivity contribution in [1.82, 2.24) is 0 Å². The summed E-state index contributed by atoms with van der Waals surface area (Å²) in [7, 11) is 3.21. The Morgan fingerprint density at radius 3 is 2.38 bits per heavy atom. The molecule has 2 rings (SSSR count). The van der Waals surface area contributed by atoms with Gasteiger partial charge in [0, 0.05) is 17.2 Å². The van der Waals surface area contributed by atoms with Crippen LogP contribution in [0.5, 0.6) is 11.5 Å². The Morgan fingerprint density at radius 2 is 1.77 bits per heavy atom. The lowest BCUT2D eigenvalue weighted by Gasteiger charge is -2.23. The van der Waals surface area contributed by atoms with Crippen LogP contribution in [0.1, 0.15) is 25.0 Å². The van der Waals surface area contributed by atoms with Crippen LogP contribution >= 0.6 is 24.0 Å². The monoisotopic (exact) mass is 469 g/mol. The third kappa shape index (κ3) is 5.79. The molecule has 0 unspecified atom stereocenters. The highest BCUT2D eigenvalue weighted by Crippen LogP contribution is 2.29. The number of rotatable bonds is 6. The van der Waals surface area contributed by atoms with Gasteiger partial charge in [-0.15, -0.1) is 24.0 Å². The van der Waals surface area contributed by atoms with Crippen LogP contribution in [0, 0.1) is 6.92 Å². The molecule has 0 radical (unpaired) electrons. The molecule has 142 valence electrons. The van der Waals surface area contributed by atoms with Gasteiger partial charge in [0.1, 0.15) is 0 Å². The van der Waals surface area contributed by atoms with Crippen LogP contribution < -0.4 is 20.5 Å². The molecule has 2 aromatic rings. The highest BCUT2D eigenvalue weighted by Gasteiger charge is 2.20. The summed E-state index contributed by atoms with van der Waals surface area (Å²) in [4.78, 5) is 4.51. The summed E-state index contributed by atoms with van der Waals surface area (Å²) in [5, 5.41) is 3.10. The Hall–Kier alpha value is -1.96. The third-order valence-corrected chi connectivity index (χ3v) is 4.10. The molecule has 5 nitrogen and oxygen atoms in total. The van der Waals surface area contributed by atoms with E-state index in [1.807, 2.05) is 18.2 Å². The number of nitrogens with one attached hydrogen (secondary N) is 1. The summed E-state index contributed by atoms with van der Waals surface area (Å²) < 4.78 is 10.5. The zero-order chi connectivity index (χ0) is 18.4. The Morgan fingerprint density at radius 1 is 1.08 bits per heavy atom. The molecule has 2 aromatic carbocycles. The number of anilines is 1. The van der Waals surface area contributed by atoms with E-state index < -0.39 is 0 Å². The van der Waals surface area contributed by atoms with E-state index in [9.17, 15) is 0 Å². The van der Waals surface area contributed by atoms with Crippen molar-refractivity contribution in [1.29, 1.82) is 0 Å². The number of methoxy groups -OCH3 is 2. The fourth-order valence-electron chi connectivity index (χ4n) is 2.54. The van der Waals surface area contributed by atoms with Crippen LogP contribution in [0.25, 0.3) is 0 Å². The molecule has 3 N–H and O–H groups in total. The first kappa shape index (κ1) is 22.1. The molecule has 0 bridgehead atoms. The van der Waals surface area contributed by atoms with Gasteiger partial charge in [0.25, 0.3) is 0 Å². The van der Waals surface area contributed by atoms with Gasteiger partial charge in [0.15, 0.2) is 17.5 Å². The Bertz CT molecular complexity index is 760. The lowest BCUT2D eigenvalue weighted by Crippen LogP contribution is -2.27. The normalized spacial score (nSPS) is 11.5. The highest BCUT2D eigenvalue weighted by molar-refractivity contribution is 14.0. The van der Waals surface area contributed by atoms with E-state index in [1.54, 1.807) is 14.2 Å². The molecule has 0 aliphatic carbocycles. The molecular formula is C20H28IN3O2. The van der Waals surface area contributed by atoms with Gasteiger partial charge in [0.2, 0.25) is 0 Å². The largest absolute Gasteiger partial charge is 0.493 e. The van der Waals surface area contributed by atoms with Crippen molar-refractivity contribution >= 4 is 35.6 Å². The smallest absolute Gasteiger partial charge is 0.193 e. The van der Waals surface area contributed by atoms with Crippen LogP contribution in [-0.2, 0) is 5.41 Å². The molecule has 0 aliphatic rings. The van der Waals surface area contributed by atoms with Gasteiger partial charge in [0.05, 0.1) is 20.8 Å². The van der Waals surface area contributed by atoms with Crippen molar-refractivity contribution in [3.63, 3.8) is 0 Å². The van der Waals surface area contributed by atoms with Gasteiger partial charge in [-0.1, -0.05) is 43.7 Å². The minimum absolute atomic E-state index is 0. The van der Waals surface area contributed by atoms with E-state index in [4.69, 9.17) is 15.2 Å². The predicted molar refractivity (Wildman–Crippen MR) is 119 cm³/mol. The van der Waals surface area contributed by atoms with Crippen molar-refractivity contribution in [3.05, 3.63) is 53.6 Å². The Kier molecular flexibility index (Phi) is 8.20. The predicted octanol–water partition coefficient (Wildman–Crippen LogP) is 4.33. The molecule has 0 fully saturated rings. The zero-order valence-electron chi connectivity index (χ0n) is 16.0. The van der Waals surface area contributed by atoms with E-state index in [-0.39, 0.29) is 29.4 Å². The van der Waals surface area contributed by atoms with E-state index in [2.05, 4.69) is 55.3 Å². The summed E-state index contributed by atoms with van der Waals surface area (Å²) in [6.45, 7) is 7.00. The van der Waals surface area contributed by atoms with E-state index in [1.165, 1.54) is 11.1 Å². The summed E-state index contributed by atoms with van der Waals surface area (Å²) in [6, 6.07) is 14.0. The minimum Gasteiger partial charge on any atom is -0.493 e. The molecular weight excluding hydrogens is 441 g/mol. The van der Waals surface area contributed by atoms with Crippen LogP contribution in [0.15, 0.2) is 47.5 Å². The second-order valence-electron chi connectivity index (χ2n) is 6.65. The quantitative estimate of drug-likeness (QED) is 0.376. The summed E-state index contributed by atoms with van der Waals surface area (Å²) in [5.41, 5.74) is 9.23. The summed E-state index contributed by atoms with van der Waals surface area (Å²) in [5.74, 6) is 1.68. The van der Waals surface area contributed by atoms with Gasteiger partial charge in [-0.3, -0.25) is 4.99 Å². The number of hydrogen-bond acceptors (Lipinski definition) is 3. The fourth-order valence-corrected chi connectivity index (χ4v) is 2.54. The molecule has 0 aromatic heterocycles. The summed E-state index contributed by atoms with van der Waals surface area (Å²) >= 11 is 0. The van der Waals surface area contributed by atoms with E-state index in [0.29, 0.717) is 24.0 Å². The van der Waals surface area contributed by atoms with Crippen LogP contribution in [0.3, 0.4) is 0 Å². The molecule has 0 spiro atoms. The standard InChI is InChI=1S/C20H27N3O2.HI/c1-14-7-6-8-15(11-14)20(2,3)13-22-19(21)23-16-9-10-17(24-4)18(12-16)25-5;/h6-12H,13H2,1-5H3,(H3,21,22,23);1H. The SMILES string of the molecule is COc1ccc(NC(N)=NCC(C)(C)c2cccc(C)c2)cc1OC.I. The van der Waals surface area contributed by atoms with Crippen molar-refractivity contribution in [2.75, 3.05) is 26.1 Å². The van der Waals surface area contributed by atoms with Gasteiger partial charge >= 0.3 is 0 Å². The molecule has 0 atom stereocenters. The average Bonchev–Trinajstić information content (AvgIpc) is 2.60. The lowest BCUT2D eigenvalue weighted by atomic mass is 9.84. The van der Waals surface area contributed by atoms with Crippen LogP contribution in [-0.4, -0.2) is 26.7 Å². The number of nitrogens with zero attached hydrogens (tertiary/aromatic N) is 1. The number of nitrogens with two attached hydrogens (primary N) is 1. The molecule has 0 saturated carbocycles. The van der Waals surface area contributed by atoms with Gasteiger partial charge in [-0.05, 0) is 24.6 Å². The van der Waals surface area contributed by atoms with Gasteiger partial charge in [-0.2, -0.15) is 0 Å². The zero-order valence-corrected chi connectivity index (χ0v) is 18.3. The van der Waals surface area contributed by atoms with E-state index in [0.717, 1.165) is 5.69 Å². The number of aliphatic imine (C=N–C) groups is 1. The molecule has 0 saturated heterocycles. The minimum atomic E-state index is -0.101. The molecule has 0 aliphatic heterocycles. The van der Waals surface area contributed by atoms with Crippen molar-refractivity contribution in [2.24, 2.45) is 10.7 Å². The van der Waals surface area contributed by atoms with Crippen LogP contribution in [0.2, 0.25) is 0 Å². The van der Waals surface area contributed by atoms with Gasteiger partial charge in [-0.25, -0.2) is 0 Å². The Balaban J connectivity index is 0.00000338. The number of ether oxygens (including phenoxy) is 2. The number of halogens is 1.